The van der Waals surface area contributed by atoms with Gasteiger partial charge in [-0.3, -0.25) is 9.69 Å². The summed E-state index contributed by atoms with van der Waals surface area (Å²) >= 11 is 0. The van der Waals surface area contributed by atoms with Gasteiger partial charge in [-0.25, -0.2) is 17.2 Å². The van der Waals surface area contributed by atoms with Gasteiger partial charge in [0, 0.05) is 25.6 Å². The Morgan fingerprint density at radius 3 is 2.27 bits per heavy atom. The average molecular weight is 478 g/mol. The number of benzene rings is 2. The van der Waals surface area contributed by atoms with Gasteiger partial charge in [0.2, 0.25) is 15.9 Å². The van der Waals surface area contributed by atoms with Crippen LogP contribution in [0.1, 0.15) is 37.3 Å². The Balaban J connectivity index is 1.34. The van der Waals surface area contributed by atoms with Crippen LogP contribution in [0, 0.1) is 17.6 Å². The van der Waals surface area contributed by atoms with Gasteiger partial charge in [0.05, 0.1) is 10.9 Å². The molecule has 33 heavy (non-hydrogen) atoms. The van der Waals surface area contributed by atoms with E-state index in [-0.39, 0.29) is 35.9 Å². The molecule has 1 unspecified atom stereocenters. The van der Waals surface area contributed by atoms with Crippen LogP contribution in [0.2, 0.25) is 0 Å². The Morgan fingerprint density at radius 1 is 0.970 bits per heavy atom. The molecule has 0 saturated carbocycles. The lowest BCUT2D eigenvalue weighted by molar-refractivity contribution is -0.126. The minimum Gasteiger partial charge on any atom is -0.354 e. The molecule has 2 aliphatic rings. The van der Waals surface area contributed by atoms with Crippen LogP contribution in [0.4, 0.5) is 8.78 Å². The smallest absolute Gasteiger partial charge is 0.243 e. The molecular weight excluding hydrogens is 448 g/mol. The number of piperidine rings is 1. The largest absolute Gasteiger partial charge is 0.354 e. The maximum atomic E-state index is 13.5. The topological polar surface area (TPSA) is 69.7 Å². The van der Waals surface area contributed by atoms with Crippen LogP contribution >= 0.6 is 0 Å². The quantitative estimate of drug-likeness (QED) is 0.664. The van der Waals surface area contributed by atoms with Crippen molar-refractivity contribution in [2.24, 2.45) is 5.92 Å². The van der Waals surface area contributed by atoms with Crippen molar-refractivity contribution in [1.82, 2.24) is 14.5 Å². The summed E-state index contributed by atoms with van der Waals surface area (Å²) in [7, 11) is -3.93. The lowest BCUT2D eigenvalue weighted by atomic mass is 9.97. The molecule has 0 spiro atoms. The van der Waals surface area contributed by atoms with E-state index in [0.29, 0.717) is 25.5 Å². The molecule has 2 aliphatic heterocycles. The van der Waals surface area contributed by atoms with Gasteiger partial charge < -0.3 is 5.32 Å². The Labute approximate surface area is 193 Å². The number of rotatable bonds is 7. The Kier molecular flexibility index (Phi) is 7.41. The number of likely N-dealkylation sites (tertiary alicyclic amines) is 1. The highest BCUT2D eigenvalue weighted by atomic mass is 32.2. The first kappa shape index (κ1) is 23.8. The molecule has 4 rings (SSSR count). The van der Waals surface area contributed by atoms with Crippen LogP contribution in [0.5, 0.6) is 0 Å². The number of carbonyl (C=O) groups excluding carboxylic acids is 1. The number of hydrogen-bond donors (Lipinski definition) is 1. The third-order valence-corrected chi connectivity index (χ3v) is 8.48. The predicted molar refractivity (Wildman–Crippen MR) is 121 cm³/mol. The number of amides is 1. The second-order valence-corrected chi connectivity index (χ2v) is 10.6. The fourth-order valence-corrected chi connectivity index (χ4v) is 6.15. The van der Waals surface area contributed by atoms with E-state index >= 15 is 0 Å². The third-order valence-electron chi connectivity index (χ3n) is 6.59. The van der Waals surface area contributed by atoms with Gasteiger partial charge in [0.1, 0.15) is 0 Å². The van der Waals surface area contributed by atoms with Crippen LogP contribution in [0.15, 0.2) is 53.4 Å². The normalized spacial score (nSPS) is 19.5. The van der Waals surface area contributed by atoms with Crippen molar-refractivity contribution in [2.75, 3.05) is 32.7 Å². The van der Waals surface area contributed by atoms with E-state index < -0.39 is 21.7 Å². The maximum absolute atomic E-state index is 13.5. The monoisotopic (exact) mass is 477 g/mol. The molecule has 0 bridgehead atoms. The molecule has 0 aliphatic carbocycles. The molecule has 2 saturated heterocycles. The van der Waals surface area contributed by atoms with Crippen LogP contribution in [-0.2, 0) is 14.8 Å². The number of hydrogen-bond acceptors (Lipinski definition) is 4. The van der Waals surface area contributed by atoms with Crippen LogP contribution < -0.4 is 5.32 Å². The summed E-state index contributed by atoms with van der Waals surface area (Å²) in [4.78, 5) is 15.0. The number of carbonyl (C=O) groups is 1. The molecule has 2 heterocycles. The molecule has 178 valence electrons. The van der Waals surface area contributed by atoms with E-state index in [4.69, 9.17) is 0 Å². The van der Waals surface area contributed by atoms with Crippen LogP contribution in [0.3, 0.4) is 0 Å². The standard InChI is InChI=1S/C24H29F2N3O3S/c25-21-9-8-20(16-22(21)26)33(31,32)29-14-10-19(11-15-29)24(30)27-17-23(28-12-4-5-13-28)18-6-2-1-3-7-18/h1-3,6-9,16,19,23H,4-5,10-15,17H2,(H,27,30). The summed E-state index contributed by atoms with van der Waals surface area (Å²) in [5.41, 5.74) is 1.17. The predicted octanol–water partition coefficient (Wildman–Crippen LogP) is 3.32. The van der Waals surface area contributed by atoms with Gasteiger partial charge in [0.25, 0.3) is 0 Å². The fourth-order valence-electron chi connectivity index (χ4n) is 4.67. The van der Waals surface area contributed by atoms with E-state index in [0.717, 1.165) is 38.1 Å². The molecule has 2 fully saturated rings. The number of halogens is 2. The second-order valence-electron chi connectivity index (χ2n) is 8.67. The van der Waals surface area contributed by atoms with Gasteiger partial charge in [-0.2, -0.15) is 4.31 Å². The zero-order chi connectivity index (χ0) is 23.4. The number of nitrogens with one attached hydrogen (secondary N) is 1. The Hall–Kier alpha value is -2.36. The second kappa shape index (κ2) is 10.3. The highest BCUT2D eigenvalue weighted by Crippen LogP contribution is 2.27. The molecule has 1 N–H and O–H groups in total. The molecule has 9 heteroatoms. The van der Waals surface area contributed by atoms with Gasteiger partial charge in [-0.1, -0.05) is 30.3 Å². The summed E-state index contributed by atoms with van der Waals surface area (Å²) in [5.74, 6) is -2.64. The first-order valence-electron chi connectivity index (χ1n) is 11.4. The lowest BCUT2D eigenvalue weighted by Gasteiger charge is -2.32. The van der Waals surface area contributed by atoms with E-state index in [2.05, 4.69) is 22.3 Å². The van der Waals surface area contributed by atoms with Gasteiger partial charge in [-0.15, -0.1) is 0 Å². The highest BCUT2D eigenvalue weighted by Gasteiger charge is 2.33. The number of sulfonamides is 1. The lowest BCUT2D eigenvalue weighted by Crippen LogP contribution is -2.44. The Bertz CT molecular complexity index is 1070. The summed E-state index contributed by atoms with van der Waals surface area (Å²) in [6.45, 7) is 2.85. The summed E-state index contributed by atoms with van der Waals surface area (Å²) in [5, 5.41) is 3.09. The van der Waals surface area contributed by atoms with Crippen molar-refractivity contribution < 1.29 is 22.0 Å². The average Bonchev–Trinajstić information content (AvgIpc) is 3.36. The zero-order valence-electron chi connectivity index (χ0n) is 18.4. The first-order chi connectivity index (χ1) is 15.9. The molecule has 1 amide bonds. The maximum Gasteiger partial charge on any atom is 0.243 e. The van der Waals surface area contributed by atoms with Crippen molar-refractivity contribution in [3.8, 4) is 0 Å². The first-order valence-corrected chi connectivity index (χ1v) is 12.8. The molecular formula is C24H29F2N3O3S. The molecule has 2 aromatic rings. The van der Waals surface area contributed by atoms with Crippen molar-refractivity contribution in [3.63, 3.8) is 0 Å². The van der Waals surface area contributed by atoms with Crippen molar-refractivity contribution in [1.29, 1.82) is 0 Å². The summed E-state index contributed by atoms with van der Waals surface area (Å²) in [6.07, 6.45) is 3.08. The third kappa shape index (κ3) is 5.42. The van der Waals surface area contributed by atoms with Crippen LogP contribution in [-0.4, -0.2) is 56.3 Å². The fraction of sp³-hybridized carbons (Fsp3) is 0.458. The molecule has 2 aromatic carbocycles. The summed E-state index contributed by atoms with van der Waals surface area (Å²) < 4.78 is 53.5. The minimum atomic E-state index is -3.93. The van der Waals surface area contributed by atoms with E-state index in [1.54, 1.807) is 0 Å². The molecule has 1 atom stereocenters. The molecule has 6 nitrogen and oxygen atoms in total. The zero-order valence-corrected chi connectivity index (χ0v) is 19.2. The highest BCUT2D eigenvalue weighted by molar-refractivity contribution is 7.89. The summed E-state index contributed by atoms with van der Waals surface area (Å²) in [6, 6.07) is 12.8. The van der Waals surface area contributed by atoms with Crippen LogP contribution in [0.25, 0.3) is 0 Å². The van der Waals surface area contributed by atoms with Crippen molar-refractivity contribution in [3.05, 3.63) is 65.7 Å². The SMILES string of the molecule is O=C(NCC(c1ccccc1)N1CCCC1)C1CCN(S(=O)(=O)c2ccc(F)c(F)c2)CC1. The van der Waals surface area contributed by atoms with E-state index in [9.17, 15) is 22.0 Å². The van der Waals surface area contributed by atoms with Gasteiger partial charge in [0.15, 0.2) is 11.6 Å². The number of nitrogens with zero attached hydrogens (tertiary/aromatic N) is 2. The Morgan fingerprint density at radius 2 is 1.64 bits per heavy atom. The van der Waals surface area contributed by atoms with Gasteiger partial charge in [-0.05, 0) is 62.5 Å². The molecule has 0 radical (unpaired) electrons. The van der Waals surface area contributed by atoms with Crippen molar-refractivity contribution >= 4 is 15.9 Å². The van der Waals surface area contributed by atoms with E-state index in [1.165, 1.54) is 9.87 Å². The minimum absolute atomic E-state index is 0.0694. The van der Waals surface area contributed by atoms with Gasteiger partial charge >= 0.3 is 0 Å². The molecule has 0 aromatic heterocycles. The van der Waals surface area contributed by atoms with E-state index in [1.807, 2.05) is 18.2 Å². The van der Waals surface area contributed by atoms with Crippen molar-refractivity contribution in [2.45, 2.75) is 36.6 Å².